The zero-order chi connectivity index (χ0) is 9.30. The third-order valence-corrected chi connectivity index (χ3v) is 1.92. The van der Waals surface area contributed by atoms with Gasteiger partial charge in [-0.1, -0.05) is 23.2 Å². The molecule has 0 heterocycles. The smallest absolute Gasteiger partial charge is 0.149 e. The highest BCUT2D eigenvalue weighted by Gasteiger charge is 2.07. The van der Waals surface area contributed by atoms with Crippen molar-refractivity contribution in [3.63, 3.8) is 0 Å². The minimum absolute atomic E-state index is 0.00275. The summed E-state index contributed by atoms with van der Waals surface area (Å²) in [4.78, 5) is 0. The number of hydrogen-bond acceptors (Lipinski definition) is 3. The van der Waals surface area contributed by atoms with Gasteiger partial charge >= 0.3 is 0 Å². The van der Waals surface area contributed by atoms with Gasteiger partial charge in [-0.3, -0.25) is 5.21 Å². The van der Waals surface area contributed by atoms with Gasteiger partial charge in [0, 0.05) is 0 Å². The second-order valence-corrected chi connectivity index (χ2v) is 2.81. The van der Waals surface area contributed by atoms with E-state index in [1.54, 1.807) is 0 Å². The average molecular weight is 211 g/mol. The predicted octanol–water partition coefficient (Wildman–Crippen LogP) is 2.83. The van der Waals surface area contributed by atoms with Gasteiger partial charge in [0.05, 0.1) is 15.7 Å². The molecule has 12 heavy (non-hydrogen) atoms. The molecule has 0 radical (unpaired) electrons. The first kappa shape index (κ1) is 9.54. The summed E-state index contributed by atoms with van der Waals surface area (Å²) in [6, 6.07) is 1.78. The van der Waals surface area contributed by atoms with Crippen molar-refractivity contribution in [1.29, 1.82) is 0 Å². The Kier molecular flexibility index (Phi) is 2.74. The molecule has 66 valence electrons. The van der Waals surface area contributed by atoms with Crippen LogP contribution in [-0.4, -0.2) is 5.21 Å². The van der Waals surface area contributed by atoms with Crippen molar-refractivity contribution < 1.29 is 9.60 Å². The van der Waals surface area contributed by atoms with Gasteiger partial charge in [0.1, 0.15) is 5.82 Å². The molecule has 0 aromatic heterocycles. The van der Waals surface area contributed by atoms with E-state index < -0.39 is 16.7 Å². The van der Waals surface area contributed by atoms with Crippen molar-refractivity contribution in [2.75, 3.05) is 5.23 Å². The number of hydrogen-bond donors (Lipinski definition) is 1. The highest BCUT2D eigenvalue weighted by atomic mass is 35.5. The number of anilines is 1. The summed E-state index contributed by atoms with van der Waals surface area (Å²) < 4.78 is 12.7. The van der Waals surface area contributed by atoms with E-state index in [-0.39, 0.29) is 10.0 Å². The lowest BCUT2D eigenvalue weighted by Crippen LogP contribution is -2.08. The number of benzene rings is 1. The van der Waals surface area contributed by atoms with E-state index >= 15 is 0 Å². The van der Waals surface area contributed by atoms with E-state index in [1.807, 2.05) is 0 Å². The monoisotopic (exact) mass is 210 g/mol. The van der Waals surface area contributed by atoms with Crippen molar-refractivity contribution in [2.24, 2.45) is 0 Å². The number of nitrogens with zero attached hydrogens (tertiary/aromatic N) is 1. The zero-order valence-corrected chi connectivity index (χ0v) is 7.10. The Labute approximate surface area is 77.5 Å². The van der Waals surface area contributed by atoms with E-state index in [0.29, 0.717) is 0 Å². The van der Waals surface area contributed by atoms with E-state index in [0.717, 1.165) is 12.1 Å². The quantitative estimate of drug-likeness (QED) is 0.573. The first-order chi connectivity index (χ1) is 5.52. The molecule has 0 aliphatic heterocycles. The van der Waals surface area contributed by atoms with E-state index in [2.05, 4.69) is 0 Å². The second kappa shape index (κ2) is 3.45. The van der Waals surface area contributed by atoms with Gasteiger partial charge in [-0.2, -0.15) is 0 Å². The van der Waals surface area contributed by atoms with Gasteiger partial charge in [0.15, 0.2) is 0 Å². The fourth-order valence-electron chi connectivity index (χ4n) is 0.659. The summed E-state index contributed by atoms with van der Waals surface area (Å²) in [6.45, 7) is 0. The zero-order valence-electron chi connectivity index (χ0n) is 5.59. The van der Waals surface area contributed by atoms with Crippen LogP contribution in [0.2, 0.25) is 10.0 Å². The van der Waals surface area contributed by atoms with Crippen LogP contribution >= 0.6 is 23.2 Å². The number of rotatable bonds is 1. The largest absolute Gasteiger partial charge is 0.733 e. The molecule has 0 amide bonds. The van der Waals surface area contributed by atoms with Crippen molar-refractivity contribution in [2.45, 2.75) is 0 Å². The van der Waals surface area contributed by atoms with Crippen LogP contribution in [0.5, 0.6) is 0 Å². The summed E-state index contributed by atoms with van der Waals surface area (Å²) in [6.07, 6.45) is 0. The van der Waals surface area contributed by atoms with Crippen LogP contribution in [0.3, 0.4) is 0 Å². The first-order valence-corrected chi connectivity index (χ1v) is 3.58. The lowest BCUT2D eigenvalue weighted by molar-refractivity contribution is 0.292. The maximum absolute atomic E-state index is 12.7. The topological polar surface area (TPSA) is 46.5 Å². The van der Waals surface area contributed by atoms with Gasteiger partial charge < -0.3 is 10.4 Å². The summed E-state index contributed by atoms with van der Waals surface area (Å²) in [5.74, 6) is -0.929. The van der Waals surface area contributed by atoms with Crippen LogP contribution in [0.25, 0.3) is 0 Å². The molecule has 1 rings (SSSR count). The molecule has 0 unspecified atom stereocenters. The molecule has 6 heteroatoms. The van der Waals surface area contributed by atoms with Gasteiger partial charge in [-0.05, 0) is 12.1 Å². The highest BCUT2D eigenvalue weighted by molar-refractivity contribution is 6.42. The van der Waals surface area contributed by atoms with E-state index in [1.165, 1.54) is 0 Å². The molecule has 1 aromatic carbocycles. The molecule has 1 aromatic rings. The van der Waals surface area contributed by atoms with Crippen LogP contribution in [0.15, 0.2) is 12.1 Å². The predicted molar refractivity (Wildman–Crippen MR) is 44.1 cm³/mol. The Balaban J connectivity index is 3.23. The molecule has 0 bridgehead atoms. The molecular formula is C6H3Cl2FNO2-. The summed E-state index contributed by atoms with van der Waals surface area (Å²) in [5, 5.41) is 18.0. The number of halogens is 3. The van der Waals surface area contributed by atoms with Crippen molar-refractivity contribution in [3.8, 4) is 0 Å². The van der Waals surface area contributed by atoms with Crippen molar-refractivity contribution in [1.82, 2.24) is 0 Å². The van der Waals surface area contributed by atoms with Crippen LogP contribution < -0.4 is 5.23 Å². The lowest BCUT2D eigenvalue weighted by atomic mass is 10.3. The summed E-state index contributed by atoms with van der Waals surface area (Å²) >= 11 is 10.9. The third kappa shape index (κ3) is 1.78. The molecule has 0 saturated carbocycles. The SMILES string of the molecule is [O-]N(O)c1cc(Cl)c(Cl)cc1F. The fraction of sp³-hybridized carbons (Fsp3) is 0. The van der Waals surface area contributed by atoms with Gasteiger partial charge in [-0.25, -0.2) is 4.39 Å². The Hall–Kier alpha value is -0.550. The molecule has 3 nitrogen and oxygen atoms in total. The van der Waals surface area contributed by atoms with Crippen LogP contribution in [0.1, 0.15) is 0 Å². The summed E-state index contributed by atoms with van der Waals surface area (Å²) in [5.41, 5.74) is -0.565. The van der Waals surface area contributed by atoms with Crippen LogP contribution in [-0.2, 0) is 0 Å². The Morgan fingerprint density at radius 3 is 2.33 bits per heavy atom. The Morgan fingerprint density at radius 1 is 1.33 bits per heavy atom. The van der Waals surface area contributed by atoms with Crippen LogP contribution in [0.4, 0.5) is 10.1 Å². The normalized spacial score (nSPS) is 10.1. The first-order valence-electron chi connectivity index (χ1n) is 2.83. The highest BCUT2D eigenvalue weighted by Crippen LogP contribution is 2.29. The van der Waals surface area contributed by atoms with E-state index in [9.17, 15) is 9.60 Å². The molecule has 0 fully saturated rings. The minimum atomic E-state index is -0.929. The molecule has 0 aliphatic rings. The van der Waals surface area contributed by atoms with Crippen molar-refractivity contribution >= 4 is 28.9 Å². The molecule has 0 spiro atoms. The maximum atomic E-state index is 12.7. The van der Waals surface area contributed by atoms with Crippen LogP contribution in [0, 0.1) is 11.0 Å². The minimum Gasteiger partial charge on any atom is -0.733 e. The van der Waals surface area contributed by atoms with Crippen molar-refractivity contribution in [3.05, 3.63) is 33.2 Å². The van der Waals surface area contributed by atoms with Gasteiger partial charge in [0.25, 0.3) is 0 Å². The van der Waals surface area contributed by atoms with Gasteiger partial charge in [0.2, 0.25) is 0 Å². The molecule has 0 aliphatic carbocycles. The molecule has 0 atom stereocenters. The average Bonchev–Trinajstić information content (AvgIpc) is 1.96. The lowest BCUT2D eigenvalue weighted by Gasteiger charge is -2.22. The molecular weight excluding hydrogens is 208 g/mol. The fourth-order valence-corrected chi connectivity index (χ4v) is 0.967. The second-order valence-electron chi connectivity index (χ2n) is 1.99. The van der Waals surface area contributed by atoms with Gasteiger partial charge in [-0.15, -0.1) is 0 Å². The molecule has 1 N–H and O–H groups in total. The summed E-state index contributed by atoms with van der Waals surface area (Å²) in [7, 11) is 0. The van der Waals surface area contributed by atoms with E-state index in [4.69, 9.17) is 28.4 Å². The third-order valence-electron chi connectivity index (χ3n) is 1.20. The Bertz CT molecular complexity index is 306. The maximum Gasteiger partial charge on any atom is 0.149 e. The standard InChI is InChI=1S/C6H3Cl2FNO2/c7-3-1-5(9)6(10(11)12)2-4(3)8/h1-2,11H/q-1. The Morgan fingerprint density at radius 2 is 1.83 bits per heavy atom. The molecule has 0 saturated heterocycles.